The molecular formula is C21H24ClN5O2. The highest BCUT2D eigenvalue weighted by Crippen LogP contribution is 2.31. The average Bonchev–Trinajstić information content (AvgIpc) is 3.15. The molecule has 152 valence electrons. The van der Waals surface area contributed by atoms with Gasteiger partial charge in [-0.3, -0.25) is 4.79 Å². The molecule has 8 heteroatoms. The quantitative estimate of drug-likeness (QED) is 0.686. The maximum Gasteiger partial charge on any atom is 0.263 e. The number of carbonyl (C=O) groups is 1. The Morgan fingerprint density at radius 1 is 1.31 bits per heavy atom. The van der Waals surface area contributed by atoms with Gasteiger partial charge in [0.2, 0.25) is 5.91 Å². The topological polar surface area (TPSA) is 84.2 Å². The van der Waals surface area contributed by atoms with E-state index in [-0.39, 0.29) is 11.8 Å². The molecular weight excluding hydrogens is 390 g/mol. The summed E-state index contributed by atoms with van der Waals surface area (Å²) in [6.45, 7) is 5.84. The van der Waals surface area contributed by atoms with Crippen molar-refractivity contribution in [1.29, 1.82) is 0 Å². The number of fused-ring (bicyclic) bond motifs is 1. The molecule has 1 atom stereocenters. The molecule has 0 spiro atoms. The second-order valence-electron chi connectivity index (χ2n) is 7.39. The van der Waals surface area contributed by atoms with Crippen molar-refractivity contribution < 1.29 is 9.32 Å². The van der Waals surface area contributed by atoms with E-state index >= 15 is 0 Å². The van der Waals surface area contributed by atoms with Crippen molar-refractivity contribution in [2.45, 2.75) is 39.7 Å². The molecule has 0 radical (unpaired) electrons. The largest absolute Gasteiger partial charge is 0.355 e. The summed E-state index contributed by atoms with van der Waals surface area (Å²) < 4.78 is 5.41. The maximum absolute atomic E-state index is 12.8. The standard InChI is InChI=1S/C21H24ClN5O2/c1-3-17-18-19(24-13(2)25-21(18)29-26-17)27-10-4-5-15(12-27)20(28)23-11-14-6-8-16(22)9-7-14/h6-9,15H,3-5,10-12H2,1-2H3,(H,23,28)/t15-/m1/s1. The number of nitrogens with zero attached hydrogens (tertiary/aromatic N) is 4. The number of piperidine rings is 1. The molecule has 0 unspecified atom stereocenters. The number of hydrogen-bond acceptors (Lipinski definition) is 6. The number of carbonyl (C=O) groups excluding carboxylic acids is 1. The summed E-state index contributed by atoms with van der Waals surface area (Å²) in [7, 11) is 0. The average molecular weight is 414 g/mol. The number of rotatable bonds is 5. The van der Waals surface area contributed by atoms with Crippen LogP contribution in [0, 0.1) is 12.8 Å². The molecule has 1 aliphatic rings. The Labute approximate surface area is 174 Å². The number of halogens is 1. The normalized spacial score (nSPS) is 16.9. The first kappa shape index (κ1) is 19.6. The summed E-state index contributed by atoms with van der Waals surface area (Å²) in [6, 6.07) is 7.51. The summed E-state index contributed by atoms with van der Waals surface area (Å²) in [5, 5.41) is 8.75. The third-order valence-corrected chi connectivity index (χ3v) is 5.56. The van der Waals surface area contributed by atoms with E-state index in [1.807, 2.05) is 38.1 Å². The van der Waals surface area contributed by atoms with Crippen LogP contribution in [-0.4, -0.2) is 34.1 Å². The van der Waals surface area contributed by atoms with Crippen LogP contribution in [0.3, 0.4) is 0 Å². The molecule has 4 rings (SSSR count). The minimum atomic E-state index is -0.0914. The molecule has 0 bridgehead atoms. The van der Waals surface area contributed by atoms with Crippen LogP contribution < -0.4 is 10.2 Å². The van der Waals surface area contributed by atoms with Crippen molar-refractivity contribution in [3.05, 3.63) is 46.4 Å². The number of anilines is 1. The van der Waals surface area contributed by atoms with Crippen LogP contribution in [0.2, 0.25) is 5.02 Å². The minimum absolute atomic E-state index is 0.0627. The Kier molecular flexibility index (Phi) is 5.67. The third kappa shape index (κ3) is 4.19. The number of benzene rings is 1. The van der Waals surface area contributed by atoms with Gasteiger partial charge in [0.15, 0.2) is 0 Å². The van der Waals surface area contributed by atoms with Crippen molar-refractivity contribution in [1.82, 2.24) is 20.4 Å². The summed E-state index contributed by atoms with van der Waals surface area (Å²) in [5.74, 6) is 1.43. The highest BCUT2D eigenvalue weighted by molar-refractivity contribution is 6.30. The lowest BCUT2D eigenvalue weighted by atomic mass is 9.96. The number of hydrogen-bond donors (Lipinski definition) is 1. The lowest BCUT2D eigenvalue weighted by Crippen LogP contribution is -2.43. The second kappa shape index (κ2) is 8.37. The molecule has 2 aromatic heterocycles. The van der Waals surface area contributed by atoms with Crippen LogP contribution in [0.5, 0.6) is 0 Å². The summed E-state index contributed by atoms with van der Waals surface area (Å²) in [5.41, 5.74) is 2.39. The third-order valence-electron chi connectivity index (χ3n) is 5.31. The molecule has 1 aromatic carbocycles. The van der Waals surface area contributed by atoms with Gasteiger partial charge >= 0.3 is 0 Å². The van der Waals surface area contributed by atoms with Gasteiger partial charge in [0.05, 0.1) is 11.6 Å². The van der Waals surface area contributed by atoms with Gasteiger partial charge in [-0.2, -0.15) is 4.98 Å². The van der Waals surface area contributed by atoms with E-state index in [1.165, 1.54) is 0 Å². The Morgan fingerprint density at radius 3 is 2.86 bits per heavy atom. The van der Waals surface area contributed by atoms with E-state index in [0.29, 0.717) is 29.7 Å². The zero-order valence-corrected chi connectivity index (χ0v) is 17.4. The number of aromatic nitrogens is 3. The first-order valence-electron chi connectivity index (χ1n) is 9.95. The van der Waals surface area contributed by atoms with Gasteiger partial charge in [-0.05, 0) is 43.9 Å². The van der Waals surface area contributed by atoms with Gasteiger partial charge in [0, 0.05) is 24.7 Å². The lowest BCUT2D eigenvalue weighted by Gasteiger charge is -2.33. The molecule has 3 heterocycles. The van der Waals surface area contributed by atoms with E-state index in [2.05, 4.69) is 25.3 Å². The van der Waals surface area contributed by atoms with Crippen LogP contribution in [0.25, 0.3) is 11.1 Å². The first-order chi connectivity index (χ1) is 14.0. The molecule has 1 amide bonds. The highest BCUT2D eigenvalue weighted by atomic mass is 35.5. The monoisotopic (exact) mass is 413 g/mol. The first-order valence-corrected chi connectivity index (χ1v) is 10.3. The van der Waals surface area contributed by atoms with Gasteiger partial charge in [0.1, 0.15) is 17.0 Å². The summed E-state index contributed by atoms with van der Waals surface area (Å²) in [6.07, 6.45) is 2.53. The lowest BCUT2D eigenvalue weighted by molar-refractivity contribution is -0.125. The Balaban J connectivity index is 1.49. The van der Waals surface area contributed by atoms with Crippen LogP contribution >= 0.6 is 11.6 Å². The summed E-state index contributed by atoms with van der Waals surface area (Å²) >= 11 is 5.92. The minimum Gasteiger partial charge on any atom is -0.355 e. The Morgan fingerprint density at radius 2 is 2.10 bits per heavy atom. The molecule has 3 aromatic rings. The molecule has 1 N–H and O–H groups in total. The zero-order valence-electron chi connectivity index (χ0n) is 16.6. The fourth-order valence-electron chi connectivity index (χ4n) is 3.78. The van der Waals surface area contributed by atoms with Gasteiger partial charge in [-0.15, -0.1) is 0 Å². The van der Waals surface area contributed by atoms with Gasteiger partial charge < -0.3 is 14.7 Å². The van der Waals surface area contributed by atoms with Crippen molar-refractivity contribution >= 4 is 34.4 Å². The molecule has 29 heavy (non-hydrogen) atoms. The molecule has 1 saturated heterocycles. The predicted molar refractivity (Wildman–Crippen MR) is 112 cm³/mol. The van der Waals surface area contributed by atoms with E-state index in [9.17, 15) is 4.79 Å². The molecule has 0 saturated carbocycles. The molecule has 7 nitrogen and oxygen atoms in total. The van der Waals surface area contributed by atoms with Crippen LogP contribution in [-0.2, 0) is 17.8 Å². The Bertz CT molecular complexity index is 1020. The van der Waals surface area contributed by atoms with Gasteiger partial charge in [-0.25, -0.2) is 4.98 Å². The van der Waals surface area contributed by atoms with E-state index in [4.69, 9.17) is 16.1 Å². The SMILES string of the molecule is CCc1noc2nc(C)nc(N3CCC[C@@H](C(=O)NCc4ccc(Cl)cc4)C3)c12. The van der Waals surface area contributed by atoms with Crippen molar-refractivity contribution in [2.24, 2.45) is 5.92 Å². The number of aryl methyl sites for hydroxylation is 2. The molecule has 1 aliphatic heterocycles. The Hall–Kier alpha value is -2.67. The molecule has 0 aliphatic carbocycles. The predicted octanol–water partition coefficient (Wildman–Crippen LogP) is 3.67. The van der Waals surface area contributed by atoms with Crippen LogP contribution in [0.4, 0.5) is 5.82 Å². The van der Waals surface area contributed by atoms with Crippen LogP contribution in [0.1, 0.15) is 36.8 Å². The van der Waals surface area contributed by atoms with Gasteiger partial charge in [-0.1, -0.05) is 35.8 Å². The highest BCUT2D eigenvalue weighted by Gasteiger charge is 2.29. The van der Waals surface area contributed by atoms with Crippen molar-refractivity contribution in [2.75, 3.05) is 18.0 Å². The smallest absolute Gasteiger partial charge is 0.263 e. The number of nitrogens with one attached hydrogen (secondary N) is 1. The maximum atomic E-state index is 12.8. The fourth-order valence-corrected chi connectivity index (χ4v) is 3.91. The molecule has 1 fully saturated rings. The van der Waals surface area contributed by atoms with Crippen molar-refractivity contribution in [3.8, 4) is 0 Å². The fraction of sp³-hybridized carbons (Fsp3) is 0.429. The van der Waals surface area contributed by atoms with Crippen LogP contribution in [0.15, 0.2) is 28.8 Å². The number of amides is 1. The van der Waals surface area contributed by atoms with E-state index in [1.54, 1.807) is 0 Å². The van der Waals surface area contributed by atoms with Gasteiger partial charge in [0.25, 0.3) is 5.71 Å². The second-order valence-corrected chi connectivity index (χ2v) is 7.82. The zero-order chi connectivity index (χ0) is 20.4. The van der Waals surface area contributed by atoms with E-state index < -0.39 is 0 Å². The van der Waals surface area contributed by atoms with Crippen molar-refractivity contribution in [3.63, 3.8) is 0 Å². The summed E-state index contributed by atoms with van der Waals surface area (Å²) in [4.78, 5) is 24.0. The van der Waals surface area contributed by atoms with E-state index in [0.717, 1.165) is 48.3 Å².